The molecule has 8 heteroatoms. The van der Waals surface area contributed by atoms with Crippen LogP contribution in [0.2, 0.25) is 5.02 Å². The lowest BCUT2D eigenvalue weighted by Gasteiger charge is -2.38. The SMILES string of the molecule is C[C@@H]1C[C@H](F)c2ncnc(N3CCN(C(=O)C(CC(C)(C)N)c4ccc(Cl)cc4)CC3)c21. The molecule has 1 aliphatic heterocycles. The largest absolute Gasteiger partial charge is 0.353 e. The van der Waals surface area contributed by atoms with E-state index in [1.807, 2.05) is 49.9 Å². The molecule has 1 saturated heterocycles. The van der Waals surface area contributed by atoms with Gasteiger partial charge in [-0.05, 0) is 50.3 Å². The van der Waals surface area contributed by atoms with Gasteiger partial charge in [0.05, 0.1) is 11.6 Å². The zero-order chi connectivity index (χ0) is 23.0. The molecule has 0 saturated carbocycles. The van der Waals surface area contributed by atoms with E-state index >= 15 is 0 Å². The summed E-state index contributed by atoms with van der Waals surface area (Å²) in [4.78, 5) is 26.3. The zero-order valence-corrected chi connectivity index (χ0v) is 19.6. The van der Waals surface area contributed by atoms with Crippen molar-refractivity contribution < 1.29 is 9.18 Å². The van der Waals surface area contributed by atoms with Crippen molar-refractivity contribution in [1.29, 1.82) is 0 Å². The van der Waals surface area contributed by atoms with Gasteiger partial charge in [-0.1, -0.05) is 30.7 Å². The molecule has 2 N–H and O–H groups in total. The Morgan fingerprint density at radius 2 is 1.88 bits per heavy atom. The summed E-state index contributed by atoms with van der Waals surface area (Å²) in [5, 5.41) is 0.641. The van der Waals surface area contributed by atoms with Gasteiger partial charge in [-0.3, -0.25) is 4.79 Å². The summed E-state index contributed by atoms with van der Waals surface area (Å²) in [7, 11) is 0. The normalized spacial score (nSPS) is 22.1. The summed E-state index contributed by atoms with van der Waals surface area (Å²) >= 11 is 6.05. The minimum atomic E-state index is -1.02. The molecule has 3 atom stereocenters. The fourth-order valence-electron chi connectivity index (χ4n) is 4.84. The third kappa shape index (κ3) is 4.74. The number of carbonyl (C=O) groups excluding carboxylic acids is 1. The average molecular weight is 460 g/mol. The van der Waals surface area contributed by atoms with E-state index in [0.717, 1.165) is 16.9 Å². The second kappa shape index (κ2) is 8.94. The topological polar surface area (TPSA) is 75.4 Å². The Balaban J connectivity index is 1.50. The summed E-state index contributed by atoms with van der Waals surface area (Å²) in [6.07, 6.45) is 1.43. The van der Waals surface area contributed by atoms with E-state index in [2.05, 4.69) is 14.9 Å². The average Bonchev–Trinajstić information content (AvgIpc) is 3.05. The number of amides is 1. The van der Waals surface area contributed by atoms with Crippen LogP contribution < -0.4 is 10.6 Å². The number of aromatic nitrogens is 2. The molecule has 2 aromatic rings. The fraction of sp³-hybridized carbons (Fsp3) is 0.542. The summed E-state index contributed by atoms with van der Waals surface area (Å²) in [5.41, 5.74) is 8.18. The minimum absolute atomic E-state index is 0.0793. The second-order valence-electron chi connectivity index (χ2n) is 9.71. The van der Waals surface area contributed by atoms with Crippen molar-refractivity contribution in [3.8, 4) is 0 Å². The highest BCUT2D eigenvalue weighted by molar-refractivity contribution is 6.30. The Morgan fingerprint density at radius 3 is 2.50 bits per heavy atom. The molecule has 6 nitrogen and oxygen atoms in total. The molecule has 1 amide bonds. The Kier molecular flexibility index (Phi) is 6.41. The monoisotopic (exact) mass is 459 g/mol. The smallest absolute Gasteiger partial charge is 0.230 e. The van der Waals surface area contributed by atoms with Gasteiger partial charge in [0.1, 0.15) is 18.3 Å². The lowest BCUT2D eigenvalue weighted by molar-refractivity contribution is -0.133. The highest BCUT2D eigenvalue weighted by Gasteiger charge is 2.36. The second-order valence-corrected chi connectivity index (χ2v) is 10.1. The van der Waals surface area contributed by atoms with E-state index in [0.29, 0.717) is 49.7 Å². The number of carbonyl (C=O) groups is 1. The maximum atomic E-state index is 14.3. The molecule has 1 aromatic heterocycles. The van der Waals surface area contributed by atoms with Gasteiger partial charge < -0.3 is 15.5 Å². The first-order chi connectivity index (χ1) is 15.1. The fourth-order valence-corrected chi connectivity index (χ4v) is 4.97. The highest BCUT2D eigenvalue weighted by atomic mass is 35.5. The summed E-state index contributed by atoms with van der Waals surface area (Å²) < 4.78 is 14.3. The molecular formula is C24H31ClFN5O. The Labute approximate surface area is 194 Å². The number of nitrogens with two attached hydrogens (primary N) is 1. The van der Waals surface area contributed by atoms with Crippen LogP contribution in [0.4, 0.5) is 10.2 Å². The van der Waals surface area contributed by atoms with Crippen molar-refractivity contribution in [3.63, 3.8) is 0 Å². The molecule has 32 heavy (non-hydrogen) atoms. The Hall–Kier alpha value is -2.25. The first kappa shape index (κ1) is 22.9. The number of piperazine rings is 1. The maximum absolute atomic E-state index is 14.3. The quantitative estimate of drug-likeness (QED) is 0.724. The van der Waals surface area contributed by atoms with Crippen LogP contribution in [0.15, 0.2) is 30.6 Å². The predicted octanol–water partition coefficient (Wildman–Crippen LogP) is 4.21. The third-order valence-corrected chi connectivity index (χ3v) is 6.69. The van der Waals surface area contributed by atoms with Crippen LogP contribution in [0.3, 0.4) is 0 Å². The van der Waals surface area contributed by atoms with Gasteiger partial charge in [-0.25, -0.2) is 14.4 Å². The maximum Gasteiger partial charge on any atom is 0.230 e. The molecular weight excluding hydrogens is 429 g/mol. The van der Waals surface area contributed by atoms with Crippen molar-refractivity contribution >= 4 is 23.3 Å². The van der Waals surface area contributed by atoms with Gasteiger partial charge in [0, 0.05) is 42.3 Å². The van der Waals surface area contributed by atoms with Gasteiger partial charge in [0.2, 0.25) is 5.91 Å². The van der Waals surface area contributed by atoms with Crippen LogP contribution in [0.1, 0.15) is 68.4 Å². The molecule has 0 spiro atoms. The summed E-state index contributed by atoms with van der Waals surface area (Å²) in [5.74, 6) is 0.661. The molecule has 1 aromatic carbocycles. The highest BCUT2D eigenvalue weighted by Crippen LogP contribution is 2.44. The van der Waals surface area contributed by atoms with Gasteiger partial charge in [0.15, 0.2) is 0 Å². The lowest BCUT2D eigenvalue weighted by atomic mass is 9.85. The first-order valence-electron chi connectivity index (χ1n) is 11.2. The van der Waals surface area contributed by atoms with E-state index in [4.69, 9.17) is 17.3 Å². The van der Waals surface area contributed by atoms with Crippen molar-refractivity contribution in [2.24, 2.45) is 5.73 Å². The number of alkyl halides is 1. The molecule has 2 aliphatic rings. The molecule has 2 heterocycles. The summed E-state index contributed by atoms with van der Waals surface area (Å²) in [6, 6.07) is 7.44. The lowest BCUT2D eigenvalue weighted by Crippen LogP contribution is -2.51. The van der Waals surface area contributed by atoms with Crippen LogP contribution in [0.25, 0.3) is 0 Å². The van der Waals surface area contributed by atoms with Crippen LogP contribution in [-0.2, 0) is 4.79 Å². The predicted molar refractivity (Wildman–Crippen MR) is 125 cm³/mol. The van der Waals surface area contributed by atoms with Gasteiger partial charge in [0.25, 0.3) is 0 Å². The number of fused-ring (bicyclic) bond motifs is 1. The number of hydrogen-bond acceptors (Lipinski definition) is 5. The third-order valence-electron chi connectivity index (χ3n) is 6.44. The molecule has 1 unspecified atom stereocenters. The van der Waals surface area contributed by atoms with Crippen LogP contribution in [0, 0.1) is 0 Å². The summed E-state index contributed by atoms with van der Waals surface area (Å²) in [6.45, 7) is 8.37. The zero-order valence-electron chi connectivity index (χ0n) is 18.9. The van der Waals surface area contributed by atoms with Crippen molar-refractivity contribution in [1.82, 2.24) is 14.9 Å². The van der Waals surface area contributed by atoms with Crippen LogP contribution in [0.5, 0.6) is 0 Å². The van der Waals surface area contributed by atoms with Gasteiger partial charge in [-0.15, -0.1) is 0 Å². The number of hydrogen-bond donors (Lipinski definition) is 1. The number of anilines is 1. The van der Waals surface area contributed by atoms with Gasteiger partial charge >= 0.3 is 0 Å². The molecule has 0 radical (unpaired) electrons. The van der Waals surface area contributed by atoms with Crippen molar-refractivity contribution in [3.05, 3.63) is 52.4 Å². The van der Waals surface area contributed by atoms with E-state index < -0.39 is 11.7 Å². The van der Waals surface area contributed by atoms with E-state index in [1.165, 1.54) is 6.33 Å². The number of rotatable bonds is 5. The first-order valence-corrected chi connectivity index (χ1v) is 11.6. The number of benzene rings is 1. The van der Waals surface area contributed by atoms with Gasteiger partial charge in [-0.2, -0.15) is 0 Å². The van der Waals surface area contributed by atoms with Crippen LogP contribution in [-0.4, -0.2) is 52.5 Å². The van der Waals surface area contributed by atoms with E-state index in [9.17, 15) is 9.18 Å². The van der Waals surface area contributed by atoms with Crippen LogP contribution >= 0.6 is 11.6 Å². The molecule has 172 valence electrons. The molecule has 1 fully saturated rings. The Bertz CT molecular complexity index is 969. The Morgan fingerprint density at radius 1 is 1.22 bits per heavy atom. The number of nitrogens with zero attached hydrogens (tertiary/aromatic N) is 4. The van der Waals surface area contributed by atoms with E-state index in [-0.39, 0.29) is 17.7 Å². The minimum Gasteiger partial charge on any atom is -0.353 e. The molecule has 1 aliphatic carbocycles. The standard InChI is InChI=1S/C24H31ClFN5O/c1-15-12-19(26)21-20(15)22(29-14-28-21)30-8-10-31(11-9-30)23(32)18(13-24(2,3)27)16-4-6-17(25)7-5-16/h4-7,14-15,18-19H,8-13,27H2,1-3H3/t15-,18?,19+/m1/s1. The van der Waals surface area contributed by atoms with Crippen molar-refractivity contribution in [2.45, 2.75) is 57.2 Å². The number of halogens is 2. The molecule has 4 rings (SSSR count). The molecule has 0 bridgehead atoms. The van der Waals surface area contributed by atoms with Crippen molar-refractivity contribution in [2.75, 3.05) is 31.1 Å². The van der Waals surface area contributed by atoms with E-state index in [1.54, 1.807) is 0 Å².